The van der Waals surface area contributed by atoms with Crippen LogP contribution in [0.5, 0.6) is 0 Å². The number of aromatic amines is 1. The van der Waals surface area contributed by atoms with Gasteiger partial charge in [-0.05, 0) is 38.3 Å². The van der Waals surface area contributed by atoms with Crippen molar-refractivity contribution in [1.82, 2.24) is 19.8 Å². The highest BCUT2D eigenvalue weighted by Crippen LogP contribution is 2.31. The molecule has 0 saturated carbocycles. The Morgan fingerprint density at radius 1 is 1.31 bits per heavy atom. The first-order valence-corrected chi connectivity index (χ1v) is 10.3. The predicted octanol–water partition coefficient (Wildman–Crippen LogP) is 2.58. The summed E-state index contributed by atoms with van der Waals surface area (Å²) in [4.78, 5) is 37.3. The molecule has 29 heavy (non-hydrogen) atoms. The van der Waals surface area contributed by atoms with E-state index in [1.165, 1.54) is 6.07 Å². The summed E-state index contributed by atoms with van der Waals surface area (Å²) in [6.07, 6.45) is 2.35. The minimum atomic E-state index is -0.369. The van der Waals surface area contributed by atoms with Gasteiger partial charge < -0.3 is 9.88 Å². The minimum Gasteiger partial charge on any atom is -0.332 e. The maximum atomic E-state index is 14.0. The van der Waals surface area contributed by atoms with Crippen LogP contribution in [0.1, 0.15) is 55.4 Å². The third-order valence-corrected chi connectivity index (χ3v) is 6.04. The van der Waals surface area contributed by atoms with Crippen LogP contribution in [0.3, 0.4) is 0 Å². The van der Waals surface area contributed by atoms with Gasteiger partial charge in [0.05, 0.1) is 23.7 Å². The Morgan fingerprint density at radius 3 is 2.86 bits per heavy atom. The summed E-state index contributed by atoms with van der Waals surface area (Å²) in [5, 5.41) is 0. The molecule has 2 aliphatic heterocycles. The highest BCUT2D eigenvalue weighted by atomic mass is 19.1. The maximum Gasteiger partial charge on any atom is 0.255 e. The number of rotatable bonds is 4. The molecule has 1 atom stereocenters. The lowest BCUT2D eigenvalue weighted by atomic mass is 10.0. The van der Waals surface area contributed by atoms with E-state index in [4.69, 9.17) is 4.98 Å². The van der Waals surface area contributed by atoms with Crippen molar-refractivity contribution in [3.8, 4) is 0 Å². The van der Waals surface area contributed by atoms with Gasteiger partial charge in [0.25, 0.3) is 5.56 Å². The van der Waals surface area contributed by atoms with Crippen molar-refractivity contribution >= 4 is 5.91 Å². The van der Waals surface area contributed by atoms with Gasteiger partial charge >= 0.3 is 0 Å². The van der Waals surface area contributed by atoms with Crippen LogP contribution < -0.4 is 5.56 Å². The fourth-order valence-corrected chi connectivity index (χ4v) is 4.32. The van der Waals surface area contributed by atoms with Gasteiger partial charge in [0, 0.05) is 32.1 Å². The van der Waals surface area contributed by atoms with E-state index < -0.39 is 0 Å². The van der Waals surface area contributed by atoms with Crippen LogP contribution in [0, 0.1) is 5.82 Å². The van der Waals surface area contributed by atoms with Crippen LogP contribution >= 0.6 is 0 Å². The van der Waals surface area contributed by atoms with E-state index in [1.807, 2.05) is 0 Å². The summed E-state index contributed by atoms with van der Waals surface area (Å²) in [6, 6.07) is 6.48. The first kappa shape index (κ1) is 19.8. The fourth-order valence-electron chi connectivity index (χ4n) is 4.32. The van der Waals surface area contributed by atoms with E-state index in [0.29, 0.717) is 30.5 Å². The number of benzene rings is 1. The third-order valence-electron chi connectivity index (χ3n) is 6.04. The van der Waals surface area contributed by atoms with E-state index in [9.17, 15) is 14.0 Å². The monoisotopic (exact) mass is 398 g/mol. The van der Waals surface area contributed by atoms with E-state index in [2.05, 4.69) is 23.7 Å². The number of hydrogen-bond acceptors (Lipinski definition) is 4. The van der Waals surface area contributed by atoms with Crippen LogP contribution in [0.2, 0.25) is 0 Å². The molecule has 1 fully saturated rings. The molecule has 6 nitrogen and oxygen atoms in total. The summed E-state index contributed by atoms with van der Waals surface area (Å²) >= 11 is 0. The molecule has 0 unspecified atom stereocenters. The number of halogens is 1. The Labute approximate surface area is 169 Å². The summed E-state index contributed by atoms with van der Waals surface area (Å²) in [5.41, 5.74) is 1.86. The Morgan fingerprint density at radius 2 is 2.10 bits per heavy atom. The zero-order valence-electron chi connectivity index (χ0n) is 16.9. The fraction of sp³-hybridized carbons (Fsp3) is 0.500. The molecule has 154 valence electrons. The van der Waals surface area contributed by atoms with E-state index in [0.717, 1.165) is 37.1 Å². The average molecular weight is 398 g/mol. The summed E-state index contributed by atoms with van der Waals surface area (Å²) < 4.78 is 14.0. The topological polar surface area (TPSA) is 69.3 Å². The Balaban J connectivity index is 1.56. The van der Waals surface area contributed by atoms with Crippen molar-refractivity contribution < 1.29 is 9.18 Å². The van der Waals surface area contributed by atoms with Crippen LogP contribution in [-0.4, -0.2) is 44.8 Å². The highest BCUT2D eigenvalue weighted by Gasteiger charge is 2.33. The van der Waals surface area contributed by atoms with Crippen LogP contribution in [-0.2, 0) is 24.2 Å². The second-order valence-electron chi connectivity index (χ2n) is 8.20. The zero-order valence-corrected chi connectivity index (χ0v) is 16.9. The molecule has 0 aliphatic carbocycles. The Bertz CT molecular complexity index is 972. The second kappa shape index (κ2) is 8.06. The molecule has 1 N–H and O–H groups in total. The SMILES string of the molecule is CC(C)N1CCc2nc([C@H]3CCCN3C(=O)Cc3ccccc3F)[nH]c(=O)c2C1. The molecule has 0 spiro atoms. The number of likely N-dealkylation sites (tertiary alicyclic amines) is 1. The van der Waals surface area contributed by atoms with Crippen LogP contribution in [0.4, 0.5) is 4.39 Å². The Hall–Kier alpha value is -2.54. The number of carbonyl (C=O) groups is 1. The summed E-state index contributed by atoms with van der Waals surface area (Å²) in [7, 11) is 0. The van der Waals surface area contributed by atoms with Crippen molar-refractivity contribution in [2.45, 2.75) is 58.2 Å². The smallest absolute Gasteiger partial charge is 0.255 e. The van der Waals surface area contributed by atoms with E-state index in [1.54, 1.807) is 23.1 Å². The lowest BCUT2D eigenvalue weighted by Crippen LogP contribution is -2.40. The highest BCUT2D eigenvalue weighted by molar-refractivity contribution is 5.79. The molecule has 4 rings (SSSR count). The standard InChI is InChI=1S/C22H27FN4O2/c1-14(2)26-11-9-18-16(13-26)22(29)25-21(24-18)19-8-5-10-27(19)20(28)12-15-6-3-4-7-17(15)23/h3-4,6-7,14,19H,5,8-13H2,1-2H3,(H,24,25,29)/t19-/m1/s1. The number of nitrogens with one attached hydrogen (secondary N) is 1. The molecule has 3 heterocycles. The van der Waals surface area contributed by atoms with Gasteiger partial charge in [-0.25, -0.2) is 9.37 Å². The lowest BCUT2D eigenvalue weighted by Gasteiger charge is -2.31. The van der Waals surface area contributed by atoms with E-state index >= 15 is 0 Å². The average Bonchev–Trinajstić information content (AvgIpc) is 3.19. The zero-order chi connectivity index (χ0) is 20.5. The molecule has 1 aromatic heterocycles. The molecule has 7 heteroatoms. The second-order valence-corrected chi connectivity index (χ2v) is 8.20. The normalized spacial score (nSPS) is 19.6. The number of H-pyrrole nitrogens is 1. The number of hydrogen-bond donors (Lipinski definition) is 1. The van der Waals surface area contributed by atoms with Gasteiger partial charge in [0.2, 0.25) is 5.91 Å². The molecular weight excluding hydrogens is 371 g/mol. The number of amides is 1. The van der Waals surface area contributed by atoms with Gasteiger partial charge in [-0.1, -0.05) is 18.2 Å². The predicted molar refractivity (Wildman–Crippen MR) is 108 cm³/mol. The number of fused-ring (bicyclic) bond motifs is 1. The largest absolute Gasteiger partial charge is 0.332 e. The molecule has 0 radical (unpaired) electrons. The third kappa shape index (κ3) is 3.96. The Kier molecular flexibility index (Phi) is 5.50. The van der Waals surface area contributed by atoms with Gasteiger partial charge in [0.1, 0.15) is 11.6 Å². The van der Waals surface area contributed by atoms with Crippen LogP contribution in [0.15, 0.2) is 29.1 Å². The minimum absolute atomic E-state index is 0.0156. The van der Waals surface area contributed by atoms with Crippen molar-refractivity contribution in [2.75, 3.05) is 13.1 Å². The van der Waals surface area contributed by atoms with Crippen LogP contribution in [0.25, 0.3) is 0 Å². The molecule has 1 aromatic carbocycles. The number of carbonyl (C=O) groups excluding carboxylic acids is 1. The molecule has 2 aliphatic rings. The first-order valence-electron chi connectivity index (χ1n) is 10.3. The van der Waals surface area contributed by atoms with Crippen molar-refractivity contribution in [1.29, 1.82) is 0 Å². The molecule has 1 amide bonds. The maximum absolute atomic E-state index is 14.0. The van der Waals surface area contributed by atoms with Crippen molar-refractivity contribution in [3.05, 3.63) is 63.1 Å². The summed E-state index contributed by atoms with van der Waals surface area (Å²) in [6.45, 7) is 6.33. The quantitative estimate of drug-likeness (QED) is 0.860. The van der Waals surface area contributed by atoms with E-state index in [-0.39, 0.29) is 29.7 Å². The number of nitrogens with zero attached hydrogens (tertiary/aromatic N) is 3. The van der Waals surface area contributed by atoms with Gasteiger partial charge in [-0.2, -0.15) is 0 Å². The number of aromatic nitrogens is 2. The summed E-state index contributed by atoms with van der Waals surface area (Å²) in [5.74, 6) is 0.0571. The van der Waals surface area contributed by atoms with Crippen molar-refractivity contribution in [3.63, 3.8) is 0 Å². The first-order chi connectivity index (χ1) is 13.9. The molecule has 2 aromatic rings. The van der Waals surface area contributed by atoms with Gasteiger partial charge in [-0.15, -0.1) is 0 Å². The molecule has 0 bridgehead atoms. The van der Waals surface area contributed by atoms with Gasteiger partial charge in [0.15, 0.2) is 0 Å². The van der Waals surface area contributed by atoms with Crippen molar-refractivity contribution in [2.24, 2.45) is 0 Å². The molecular formula is C22H27FN4O2. The molecule has 1 saturated heterocycles. The van der Waals surface area contributed by atoms with Gasteiger partial charge in [-0.3, -0.25) is 14.5 Å². The lowest BCUT2D eigenvalue weighted by molar-refractivity contribution is -0.131.